The van der Waals surface area contributed by atoms with E-state index < -0.39 is 6.10 Å². The molecule has 0 N–H and O–H groups in total. The molecule has 0 saturated carbocycles. The molecule has 6 heteroatoms. The summed E-state index contributed by atoms with van der Waals surface area (Å²) in [5, 5.41) is 0. The summed E-state index contributed by atoms with van der Waals surface area (Å²) < 4.78 is 16.6. The summed E-state index contributed by atoms with van der Waals surface area (Å²) in [4.78, 5) is 37.4. The quantitative estimate of drug-likeness (QED) is 0.0262. The lowest BCUT2D eigenvalue weighted by Gasteiger charge is -2.18. The third kappa shape index (κ3) is 49.6. The molecular weight excluding hydrogens is 793 g/mol. The predicted molar refractivity (Wildman–Crippen MR) is 274 cm³/mol. The molecule has 0 rings (SSSR count). The molecule has 366 valence electrons. The fourth-order valence-electron chi connectivity index (χ4n) is 7.19. The van der Waals surface area contributed by atoms with Crippen LogP contribution < -0.4 is 0 Å². The lowest BCUT2D eigenvalue weighted by molar-refractivity contribution is -0.167. The van der Waals surface area contributed by atoms with Crippen molar-refractivity contribution >= 4 is 17.9 Å². The van der Waals surface area contributed by atoms with Crippen LogP contribution in [0.2, 0.25) is 0 Å². The number of esters is 3. The van der Waals surface area contributed by atoms with Crippen LogP contribution >= 0.6 is 0 Å². The van der Waals surface area contributed by atoms with Gasteiger partial charge in [-0.15, -0.1) is 0 Å². The van der Waals surface area contributed by atoms with Gasteiger partial charge in [0.15, 0.2) is 6.10 Å². The zero-order valence-electron chi connectivity index (χ0n) is 41.8. The normalized spacial score (nSPS) is 12.7. The van der Waals surface area contributed by atoms with Crippen molar-refractivity contribution in [2.45, 2.75) is 252 Å². The molecule has 0 aliphatic heterocycles. The number of carbonyl (C=O) groups excluding carboxylic acids is 3. The van der Waals surface area contributed by atoms with Crippen molar-refractivity contribution in [3.05, 3.63) is 85.1 Å². The molecule has 1 unspecified atom stereocenters. The Morgan fingerprint density at radius 2 is 0.609 bits per heavy atom. The van der Waals surface area contributed by atoms with Crippen LogP contribution in [-0.2, 0) is 28.6 Å². The monoisotopic (exact) mass is 891 g/mol. The molecule has 0 aromatic carbocycles. The van der Waals surface area contributed by atoms with Gasteiger partial charge in [0.1, 0.15) is 13.2 Å². The second kappa shape index (κ2) is 52.2. The van der Waals surface area contributed by atoms with Crippen molar-refractivity contribution in [1.29, 1.82) is 0 Å². The molecule has 0 aromatic rings. The highest BCUT2D eigenvalue weighted by molar-refractivity contribution is 5.71. The summed E-state index contributed by atoms with van der Waals surface area (Å²) in [6.45, 7) is 6.40. The molecule has 0 aliphatic carbocycles. The predicted octanol–water partition coefficient (Wildman–Crippen LogP) is 17.6. The van der Waals surface area contributed by atoms with E-state index in [-0.39, 0.29) is 31.1 Å². The highest BCUT2D eigenvalue weighted by atomic mass is 16.6. The van der Waals surface area contributed by atoms with Gasteiger partial charge in [-0.2, -0.15) is 0 Å². The van der Waals surface area contributed by atoms with E-state index >= 15 is 0 Å². The zero-order valence-corrected chi connectivity index (χ0v) is 41.8. The Labute approximate surface area is 395 Å². The van der Waals surface area contributed by atoms with Crippen LogP contribution in [0.25, 0.3) is 0 Å². The third-order valence-electron chi connectivity index (χ3n) is 11.2. The Kier molecular flexibility index (Phi) is 49.4. The van der Waals surface area contributed by atoms with Crippen LogP contribution in [0.1, 0.15) is 245 Å². The number of rotatable bonds is 47. The van der Waals surface area contributed by atoms with Crippen LogP contribution in [0.5, 0.6) is 0 Å². The molecule has 1 atom stereocenters. The number of unbranched alkanes of at least 4 members (excludes halogenated alkanes) is 22. The van der Waals surface area contributed by atoms with Crippen LogP contribution in [0.4, 0.5) is 0 Å². The summed E-state index contributed by atoms with van der Waals surface area (Å²) in [6, 6.07) is 0. The van der Waals surface area contributed by atoms with Gasteiger partial charge in [0.25, 0.3) is 0 Å². The van der Waals surface area contributed by atoms with Gasteiger partial charge in [-0.25, -0.2) is 0 Å². The average Bonchev–Trinajstić information content (AvgIpc) is 3.29. The highest BCUT2D eigenvalue weighted by Gasteiger charge is 2.19. The van der Waals surface area contributed by atoms with Crippen molar-refractivity contribution < 1.29 is 28.6 Å². The lowest BCUT2D eigenvalue weighted by Crippen LogP contribution is -2.30. The molecule has 0 spiro atoms. The third-order valence-corrected chi connectivity index (χ3v) is 11.2. The maximum Gasteiger partial charge on any atom is 0.306 e. The molecule has 0 aromatic heterocycles. The minimum absolute atomic E-state index is 0.0755. The highest BCUT2D eigenvalue weighted by Crippen LogP contribution is 2.15. The van der Waals surface area contributed by atoms with Crippen molar-refractivity contribution in [3.63, 3.8) is 0 Å². The van der Waals surface area contributed by atoms with E-state index in [0.29, 0.717) is 19.3 Å². The number of hydrogen-bond acceptors (Lipinski definition) is 6. The molecular formula is C58H98O6. The van der Waals surface area contributed by atoms with E-state index in [1.807, 2.05) is 0 Å². The molecule has 0 radical (unpaired) electrons. The minimum Gasteiger partial charge on any atom is -0.462 e. The first-order valence-electron chi connectivity index (χ1n) is 26.6. The van der Waals surface area contributed by atoms with Gasteiger partial charge in [-0.05, 0) is 77.0 Å². The van der Waals surface area contributed by atoms with E-state index in [9.17, 15) is 14.4 Å². The second-order valence-corrected chi connectivity index (χ2v) is 17.4. The van der Waals surface area contributed by atoms with E-state index in [2.05, 4.69) is 106 Å². The minimum atomic E-state index is -0.768. The lowest BCUT2D eigenvalue weighted by atomic mass is 10.0. The van der Waals surface area contributed by atoms with Crippen molar-refractivity contribution in [2.75, 3.05) is 13.2 Å². The summed E-state index contributed by atoms with van der Waals surface area (Å²) in [7, 11) is 0. The first-order chi connectivity index (χ1) is 31.5. The van der Waals surface area contributed by atoms with Gasteiger partial charge < -0.3 is 14.2 Å². The van der Waals surface area contributed by atoms with Crippen LogP contribution in [0.3, 0.4) is 0 Å². The van der Waals surface area contributed by atoms with Crippen LogP contribution in [0, 0.1) is 0 Å². The first-order valence-corrected chi connectivity index (χ1v) is 26.6. The number of hydrogen-bond donors (Lipinski definition) is 0. The standard InChI is InChI=1S/C58H98O6/c1-4-7-10-13-15-17-18-19-20-21-22-23-24-25-26-27-28-29-30-31-32-33-34-35-36-37-38-39-40-41-43-45-48-51-57(60)63-54-55(53-62-56(59)50-47-44-12-9-6-3)64-58(61)52-49-46-42-16-14-11-8-5-2/h7,10,15,17,19-20,22-23,25-26,28-29,31-32,55H,4-6,8-9,11-14,16,18,21,24,27,30,33-54H2,1-3H3/b10-7-,17-15-,20-19-,23-22-,26-25-,29-28-,32-31-. The Bertz CT molecular complexity index is 1250. The fraction of sp³-hybridized carbons (Fsp3) is 0.707. The second-order valence-electron chi connectivity index (χ2n) is 17.4. The Hall–Kier alpha value is -3.41. The molecule has 0 fully saturated rings. The van der Waals surface area contributed by atoms with Crippen molar-refractivity contribution in [1.82, 2.24) is 0 Å². The van der Waals surface area contributed by atoms with Crippen LogP contribution in [0.15, 0.2) is 85.1 Å². The van der Waals surface area contributed by atoms with E-state index in [0.717, 1.165) is 109 Å². The number of carbonyl (C=O) groups is 3. The zero-order chi connectivity index (χ0) is 46.5. The molecule has 6 nitrogen and oxygen atoms in total. The van der Waals surface area contributed by atoms with Crippen LogP contribution in [-0.4, -0.2) is 37.2 Å². The van der Waals surface area contributed by atoms with Gasteiger partial charge in [0.2, 0.25) is 0 Å². The molecule has 0 amide bonds. The molecule has 64 heavy (non-hydrogen) atoms. The van der Waals surface area contributed by atoms with Crippen molar-refractivity contribution in [2.24, 2.45) is 0 Å². The molecule has 0 aliphatic rings. The molecule has 0 heterocycles. The van der Waals surface area contributed by atoms with Gasteiger partial charge in [-0.1, -0.05) is 234 Å². The first kappa shape index (κ1) is 60.6. The summed E-state index contributed by atoms with van der Waals surface area (Å²) in [5.41, 5.74) is 0. The van der Waals surface area contributed by atoms with Gasteiger partial charge in [-0.3, -0.25) is 14.4 Å². The summed E-state index contributed by atoms with van der Waals surface area (Å²) >= 11 is 0. The van der Waals surface area contributed by atoms with Gasteiger partial charge in [0, 0.05) is 19.3 Å². The largest absolute Gasteiger partial charge is 0.462 e. The van der Waals surface area contributed by atoms with E-state index in [1.54, 1.807) is 0 Å². The van der Waals surface area contributed by atoms with Gasteiger partial charge in [0.05, 0.1) is 0 Å². The van der Waals surface area contributed by atoms with Crippen molar-refractivity contribution in [3.8, 4) is 0 Å². The smallest absolute Gasteiger partial charge is 0.306 e. The van der Waals surface area contributed by atoms with E-state index in [1.165, 1.54) is 96.3 Å². The molecule has 0 bridgehead atoms. The average molecular weight is 891 g/mol. The number of allylic oxidation sites excluding steroid dienone is 14. The Balaban J connectivity index is 3.93. The summed E-state index contributed by atoms with van der Waals surface area (Å²) in [5.74, 6) is -0.898. The topological polar surface area (TPSA) is 78.9 Å². The SMILES string of the molecule is CC/C=C\C/C=C\C/C=C\C/C=C\C/C=C\C/C=C\C/C=C\CCCCCCCCCCCCCC(=O)OCC(COC(=O)CCCCCCC)OC(=O)CCCCCCCCCC. The number of ether oxygens (including phenoxy) is 3. The maximum atomic E-state index is 12.6. The van der Waals surface area contributed by atoms with E-state index in [4.69, 9.17) is 14.2 Å². The fourth-order valence-corrected chi connectivity index (χ4v) is 7.19. The Morgan fingerprint density at radius 3 is 0.953 bits per heavy atom. The molecule has 0 saturated heterocycles. The maximum absolute atomic E-state index is 12.6. The summed E-state index contributed by atoms with van der Waals surface area (Å²) in [6.07, 6.45) is 67.8. The Morgan fingerprint density at radius 1 is 0.328 bits per heavy atom. The van der Waals surface area contributed by atoms with Gasteiger partial charge >= 0.3 is 17.9 Å².